The molecule has 0 spiro atoms. The molecule has 0 bridgehead atoms. The summed E-state index contributed by atoms with van der Waals surface area (Å²) >= 11 is 3.56. The highest BCUT2D eigenvalue weighted by molar-refractivity contribution is 7.10. The normalized spacial score (nSPS) is 12.9. The SMILES string of the molecule is Cc1ccsc1CCNC(C)c1cncs1. The van der Waals surface area contributed by atoms with Crippen molar-refractivity contribution < 1.29 is 0 Å². The van der Waals surface area contributed by atoms with Crippen molar-refractivity contribution in [1.29, 1.82) is 0 Å². The first-order valence-corrected chi connectivity index (χ1v) is 7.18. The van der Waals surface area contributed by atoms with Crippen LogP contribution in [0.2, 0.25) is 0 Å². The Morgan fingerprint density at radius 1 is 1.44 bits per heavy atom. The number of hydrogen-bond acceptors (Lipinski definition) is 4. The molecule has 1 atom stereocenters. The molecular weight excluding hydrogens is 236 g/mol. The number of aryl methyl sites for hydroxylation is 1. The number of aromatic nitrogens is 1. The van der Waals surface area contributed by atoms with E-state index < -0.39 is 0 Å². The molecule has 0 saturated heterocycles. The maximum absolute atomic E-state index is 4.10. The lowest BCUT2D eigenvalue weighted by Gasteiger charge is -2.11. The average molecular weight is 252 g/mol. The van der Waals surface area contributed by atoms with Crippen molar-refractivity contribution in [2.45, 2.75) is 26.3 Å². The van der Waals surface area contributed by atoms with Crippen molar-refractivity contribution in [2.24, 2.45) is 0 Å². The molecule has 0 radical (unpaired) electrons. The number of thiophene rings is 1. The van der Waals surface area contributed by atoms with Gasteiger partial charge in [0.2, 0.25) is 0 Å². The quantitative estimate of drug-likeness (QED) is 0.882. The number of nitrogens with zero attached hydrogens (tertiary/aromatic N) is 1. The molecule has 86 valence electrons. The third-order valence-corrected chi connectivity index (χ3v) is 4.69. The average Bonchev–Trinajstić information content (AvgIpc) is 2.90. The number of hydrogen-bond donors (Lipinski definition) is 1. The first-order valence-electron chi connectivity index (χ1n) is 5.42. The van der Waals surface area contributed by atoms with Crippen molar-refractivity contribution in [3.05, 3.63) is 38.5 Å². The zero-order valence-electron chi connectivity index (χ0n) is 9.56. The van der Waals surface area contributed by atoms with Gasteiger partial charge in [-0.05, 0) is 37.3 Å². The molecule has 2 rings (SSSR count). The molecule has 2 aromatic heterocycles. The van der Waals surface area contributed by atoms with Crippen LogP contribution in [0, 0.1) is 6.92 Å². The lowest BCUT2D eigenvalue weighted by atomic mass is 10.2. The molecule has 0 aromatic carbocycles. The largest absolute Gasteiger partial charge is 0.309 e. The van der Waals surface area contributed by atoms with Crippen molar-refractivity contribution in [2.75, 3.05) is 6.54 Å². The first-order chi connectivity index (χ1) is 7.77. The van der Waals surface area contributed by atoms with E-state index >= 15 is 0 Å². The minimum atomic E-state index is 0.410. The van der Waals surface area contributed by atoms with Gasteiger partial charge in [-0.3, -0.25) is 4.98 Å². The highest BCUT2D eigenvalue weighted by Gasteiger charge is 2.06. The van der Waals surface area contributed by atoms with Crippen LogP contribution >= 0.6 is 22.7 Å². The molecule has 4 heteroatoms. The Morgan fingerprint density at radius 2 is 2.31 bits per heavy atom. The van der Waals surface area contributed by atoms with Crippen LogP contribution in [0.3, 0.4) is 0 Å². The molecule has 2 heterocycles. The van der Waals surface area contributed by atoms with E-state index in [4.69, 9.17) is 0 Å². The van der Waals surface area contributed by atoms with E-state index in [-0.39, 0.29) is 0 Å². The van der Waals surface area contributed by atoms with E-state index in [2.05, 4.69) is 35.6 Å². The third-order valence-electron chi connectivity index (χ3n) is 2.65. The summed E-state index contributed by atoms with van der Waals surface area (Å²) in [5, 5.41) is 5.69. The molecule has 0 aliphatic heterocycles. The second-order valence-corrected chi connectivity index (χ2v) is 5.77. The van der Waals surface area contributed by atoms with Crippen LogP contribution in [-0.4, -0.2) is 11.5 Å². The molecule has 0 amide bonds. The van der Waals surface area contributed by atoms with Gasteiger partial charge in [-0.1, -0.05) is 0 Å². The highest BCUT2D eigenvalue weighted by Crippen LogP contribution is 2.18. The number of thiazole rings is 1. The molecule has 2 aromatic rings. The molecule has 1 N–H and O–H groups in total. The molecule has 0 saturated carbocycles. The highest BCUT2D eigenvalue weighted by atomic mass is 32.1. The predicted octanol–water partition coefficient (Wildman–Crippen LogP) is 3.41. The third kappa shape index (κ3) is 2.90. The van der Waals surface area contributed by atoms with Crippen LogP contribution in [0.5, 0.6) is 0 Å². The van der Waals surface area contributed by atoms with Crippen molar-refractivity contribution in [3.8, 4) is 0 Å². The predicted molar refractivity (Wildman–Crippen MR) is 71.3 cm³/mol. The Balaban J connectivity index is 1.78. The fourth-order valence-electron chi connectivity index (χ4n) is 1.60. The van der Waals surface area contributed by atoms with Crippen molar-refractivity contribution in [3.63, 3.8) is 0 Å². The molecule has 0 fully saturated rings. The first kappa shape index (κ1) is 11.8. The van der Waals surface area contributed by atoms with Gasteiger partial charge in [-0.25, -0.2) is 0 Å². The zero-order chi connectivity index (χ0) is 11.4. The molecule has 16 heavy (non-hydrogen) atoms. The lowest BCUT2D eigenvalue weighted by molar-refractivity contribution is 0.585. The van der Waals surface area contributed by atoms with Gasteiger partial charge in [0.15, 0.2) is 0 Å². The minimum Gasteiger partial charge on any atom is -0.309 e. The molecule has 1 unspecified atom stereocenters. The second-order valence-electron chi connectivity index (χ2n) is 3.86. The van der Waals surface area contributed by atoms with Crippen LogP contribution in [0.25, 0.3) is 0 Å². The summed E-state index contributed by atoms with van der Waals surface area (Å²) in [7, 11) is 0. The number of rotatable bonds is 5. The summed E-state index contributed by atoms with van der Waals surface area (Å²) in [6, 6.07) is 2.60. The fourth-order valence-corrected chi connectivity index (χ4v) is 3.17. The van der Waals surface area contributed by atoms with Crippen LogP contribution < -0.4 is 5.32 Å². The van der Waals surface area contributed by atoms with Crippen LogP contribution in [0.1, 0.15) is 28.3 Å². The smallest absolute Gasteiger partial charge is 0.0794 e. The van der Waals surface area contributed by atoms with Gasteiger partial charge in [-0.2, -0.15) is 0 Å². The Hall–Kier alpha value is -0.710. The Labute approximate surface area is 104 Å². The van der Waals surface area contributed by atoms with Gasteiger partial charge in [0.25, 0.3) is 0 Å². The van der Waals surface area contributed by atoms with Gasteiger partial charge in [0, 0.05) is 28.5 Å². The summed E-state index contributed by atoms with van der Waals surface area (Å²) in [5.41, 5.74) is 3.30. The van der Waals surface area contributed by atoms with E-state index in [1.54, 1.807) is 11.3 Å². The summed E-state index contributed by atoms with van der Waals surface area (Å²) in [5.74, 6) is 0. The van der Waals surface area contributed by atoms with E-state index in [0.29, 0.717) is 6.04 Å². The Morgan fingerprint density at radius 3 is 2.94 bits per heavy atom. The minimum absolute atomic E-state index is 0.410. The van der Waals surface area contributed by atoms with E-state index in [9.17, 15) is 0 Å². The zero-order valence-corrected chi connectivity index (χ0v) is 11.2. The lowest BCUT2D eigenvalue weighted by Crippen LogP contribution is -2.20. The standard InChI is InChI=1S/C12H16N2S2/c1-9-4-6-15-11(9)3-5-14-10(2)12-7-13-8-16-12/h4,6-8,10,14H,3,5H2,1-2H3. The summed E-state index contributed by atoms with van der Waals surface area (Å²) < 4.78 is 0. The van der Waals surface area contributed by atoms with Gasteiger partial charge in [0.1, 0.15) is 0 Å². The van der Waals surface area contributed by atoms with Crippen molar-refractivity contribution >= 4 is 22.7 Å². The fraction of sp³-hybridized carbons (Fsp3) is 0.417. The maximum Gasteiger partial charge on any atom is 0.0794 e. The Bertz CT molecular complexity index is 420. The van der Waals surface area contributed by atoms with Crippen LogP contribution in [-0.2, 0) is 6.42 Å². The molecule has 2 nitrogen and oxygen atoms in total. The summed E-state index contributed by atoms with van der Waals surface area (Å²) in [4.78, 5) is 6.89. The molecule has 0 aliphatic carbocycles. The summed E-state index contributed by atoms with van der Waals surface area (Å²) in [6.07, 6.45) is 3.06. The van der Waals surface area contributed by atoms with Gasteiger partial charge in [-0.15, -0.1) is 22.7 Å². The van der Waals surface area contributed by atoms with E-state index in [1.807, 2.05) is 23.0 Å². The maximum atomic E-state index is 4.10. The second kappa shape index (κ2) is 5.57. The number of nitrogens with one attached hydrogen (secondary N) is 1. The van der Waals surface area contributed by atoms with Gasteiger partial charge >= 0.3 is 0 Å². The van der Waals surface area contributed by atoms with Crippen molar-refractivity contribution in [1.82, 2.24) is 10.3 Å². The Kier molecular flexibility index (Phi) is 4.09. The van der Waals surface area contributed by atoms with E-state index in [0.717, 1.165) is 13.0 Å². The summed E-state index contributed by atoms with van der Waals surface area (Å²) in [6.45, 7) is 5.40. The molecular formula is C12H16N2S2. The van der Waals surface area contributed by atoms with Gasteiger partial charge in [0.05, 0.1) is 5.51 Å². The van der Waals surface area contributed by atoms with E-state index in [1.165, 1.54) is 15.3 Å². The van der Waals surface area contributed by atoms with Crippen LogP contribution in [0.4, 0.5) is 0 Å². The van der Waals surface area contributed by atoms with Gasteiger partial charge < -0.3 is 5.32 Å². The molecule has 0 aliphatic rings. The van der Waals surface area contributed by atoms with Crippen LogP contribution in [0.15, 0.2) is 23.2 Å². The topological polar surface area (TPSA) is 24.9 Å². The monoisotopic (exact) mass is 252 g/mol.